The van der Waals surface area contributed by atoms with Crippen LogP contribution < -0.4 is 9.47 Å². The highest BCUT2D eigenvalue weighted by Crippen LogP contribution is 2.34. The molecule has 2 aromatic rings. The van der Waals surface area contributed by atoms with Gasteiger partial charge in [0.05, 0.1) is 6.61 Å². The van der Waals surface area contributed by atoms with Crippen molar-refractivity contribution in [3.63, 3.8) is 0 Å². The second-order valence-electron chi connectivity index (χ2n) is 7.40. The molecule has 0 aliphatic rings. The first-order valence-corrected chi connectivity index (χ1v) is 11.1. The molecule has 0 bridgehead atoms. The molecule has 0 saturated carbocycles. The van der Waals surface area contributed by atoms with E-state index in [1.54, 1.807) is 42.2 Å². The molecule has 6 nitrogen and oxygen atoms in total. The Morgan fingerprint density at radius 1 is 1.03 bits per heavy atom. The van der Waals surface area contributed by atoms with E-state index >= 15 is 0 Å². The number of allylic oxidation sites excluding steroid dienone is 1. The Bertz CT molecular complexity index is 967. The summed E-state index contributed by atoms with van der Waals surface area (Å²) in [4.78, 5) is 26.0. The lowest BCUT2D eigenvalue weighted by atomic mass is 10.1. The zero-order valence-electron chi connectivity index (χ0n) is 19.9. The van der Waals surface area contributed by atoms with Crippen molar-refractivity contribution in [2.45, 2.75) is 40.7 Å². The predicted octanol–water partition coefficient (Wildman–Crippen LogP) is 5.18. The van der Waals surface area contributed by atoms with Crippen molar-refractivity contribution in [3.05, 3.63) is 65.5 Å². The van der Waals surface area contributed by atoms with Gasteiger partial charge in [-0.1, -0.05) is 18.2 Å². The van der Waals surface area contributed by atoms with E-state index in [9.17, 15) is 14.0 Å². The normalized spacial score (nSPS) is 12.1. The number of halogens is 1. The van der Waals surface area contributed by atoms with Crippen LogP contribution in [-0.2, 0) is 14.3 Å². The van der Waals surface area contributed by atoms with Gasteiger partial charge in [-0.3, -0.25) is 4.79 Å². The van der Waals surface area contributed by atoms with Crippen molar-refractivity contribution in [2.24, 2.45) is 0 Å². The van der Waals surface area contributed by atoms with E-state index in [0.29, 0.717) is 24.6 Å². The van der Waals surface area contributed by atoms with Crippen LogP contribution in [-0.4, -0.2) is 43.1 Å². The standard InChI is InChI=1S/C26H32FNO5/c1-6-28(7-2)25(29)15-18(4)21-11-14-23(24(16-21)32-17-26(30)31-8-3)33-19(5)20-9-12-22(27)13-10-20/h9-16,19H,6-8,17H2,1-5H3/b18-15+. The molecule has 1 unspecified atom stereocenters. The number of hydrogen-bond donors (Lipinski definition) is 0. The summed E-state index contributed by atoms with van der Waals surface area (Å²) in [5.41, 5.74) is 2.31. The van der Waals surface area contributed by atoms with Crippen LogP contribution in [0.1, 0.15) is 51.8 Å². The largest absolute Gasteiger partial charge is 0.482 e. The van der Waals surface area contributed by atoms with Gasteiger partial charge in [0.2, 0.25) is 5.91 Å². The van der Waals surface area contributed by atoms with Crippen molar-refractivity contribution in [1.82, 2.24) is 4.90 Å². The smallest absolute Gasteiger partial charge is 0.344 e. The van der Waals surface area contributed by atoms with Gasteiger partial charge in [0, 0.05) is 19.2 Å². The molecule has 0 fully saturated rings. The fourth-order valence-corrected chi connectivity index (χ4v) is 3.19. The molecule has 0 spiro atoms. The Kier molecular flexibility index (Phi) is 9.91. The topological polar surface area (TPSA) is 65.1 Å². The van der Waals surface area contributed by atoms with Gasteiger partial charge in [0.25, 0.3) is 0 Å². The summed E-state index contributed by atoms with van der Waals surface area (Å²) in [5.74, 6) is -0.128. The number of likely N-dealkylation sites (N-methyl/N-ethyl adjacent to an activating group) is 1. The fourth-order valence-electron chi connectivity index (χ4n) is 3.19. The molecule has 0 aromatic heterocycles. The maximum absolute atomic E-state index is 13.2. The zero-order valence-corrected chi connectivity index (χ0v) is 19.9. The molecule has 0 heterocycles. The Hall–Kier alpha value is -3.35. The summed E-state index contributed by atoms with van der Waals surface area (Å²) < 4.78 is 30.0. The van der Waals surface area contributed by atoms with Crippen molar-refractivity contribution in [3.8, 4) is 11.5 Å². The molecular weight excluding hydrogens is 425 g/mol. The first-order chi connectivity index (χ1) is 15.8. The van der Waals surface area contributed by atoms with Crippen LogP contribution in [0, 0.1) is 5.82 Å². The third-order valence-electron chi connectivity index (χ3n) is 5.11. The fraction of sp³-hybridized carbons (Fsp3) is 0.385. The van der Waals surface area contributed by atoms with E-state index < -0.39 is 5.97 Å². The van der Waals surface area contributed by atoms with Crippen LogP contribution in [0.5, 0.6) is 11.5 Å². The Labute approximate surface area is 194 Å². The van der Waals surface area contributed by atoms with Crippen LogP contribution in [0.15, 0.2) is 48.5 Å². The summed E-state index contributed by atoms with van der Waals surface area (Å²) in [6.45, 7) is 10.5. The molecule has 1 atom stereocenters. The first-order valence-electron chi connectivity index (χ1n) is 11.1. The van der Waals surface area contributed by atoms with Gasteiger partial charge in [-0.25, -0.2) is 9.18 Å². The monoisotopic (exact) mass is 457 g/mol. The SMILES string of the molecule is CCOC(=O)COc1cc(/C(C)=C/C(=O)N(CC)CC)ccc1OC(C)c1ccc(F)cc1. The molecule has 0 aliphatic heterocycles. The van der Waals surface area contributed by atoms with E-state index in [2.05, 4.69) is 0 Å². The van der Waals surface area contributed by atoms with Crippen LogP contribution >= 0.6 is 0 Å². The van der Waals surface area contributed by atoms with E-state index in [4.69, 9.17) is 14.2 Å². The number of rotatable bonds is 11. The Morgan fingerprint density at radius 2 is 1.70 bits per heavy atom. The maximum Gasteiger partial charge on any atom is 0.344 e. The second-order valence-corrected chi connectivity index (χ2v) is 7.40. The van der Waals surface area contributed by atoms with Crippen LogP contribution in [0.2, 0.25) is 0 Å². The average Bonchev–Trinajstić information content (AvgIpc) is 2.79. The lowest BCUT2D eigenvalue weighted by Gasteiger charge is -2.19. The molecule has 0 aliphatic carbocycles. The third-order valence-corrected chi connectivity index (χ3v) is 5.11. The summed E-state index contributed by atoms with van der Waals surface area (Å²) >= 11 is 0. The highest BCUT2D eigenvalue weighted by molar-refractivity contribution is 5.95. The number of esters is 1. The summed E-state index contributed by atoms with van der Waals surface area (Å²) in [7, 11) is 0. The molecule has 0 radical (unpaired) electrons. The molecule has 0 N–H and O–H groups in total. The van der Waals surface area contributed by atoms with Crippen LogP contribution in [0.3, 0.4) is 0 Å². The molecular formula is C26H32FNO5. The summed E-state index contributed by atoms with van der Waals surface area (Å²) in [6, 6.07) is 11.3. The molecule has 178 valence electrons. The van der Waals surface area contributed by atoms with E-state index in [1.165, 1.54) is 12.1 Å². The second kappa shape index (κ2) is 12.6. The van der Waals surface area contributed by atoms with Crippen molar-refractivity contribution >= 4 is 17.4 Å². The van der Waals surface area contributed by atoms with Crippen LogP contribution in [0.4, 0.5) is 4.39 Å². The van der Waals surface area contributed by atoms with Gasteiger partial charge in [0.15, 0.2) is 18.1 Å². The number of ether oxygens (including phenoxy) is 3. The lowest BCUT2D eigenvalue weighted by Crippen LogP contribution is -2.28. The van der Waals surface area contributed by atoms with Gasteiger partial charge in [-0.15, -0.1) is 0 Å². The van der Waals surface area contributed by atoms with Crippen LogP contribution in [0.25, 0.3) is 5.57 Å². The lowest BCUT2D eigenvalue weighted by molar-refractivity contribution is -0.145. The first kappa shape index (κ1) is 25.9. The van der Waals surface area contributed by atoms with E-state index in [-0.39, 0.29) is 31.0 Å². The number of carbonyl (C=O) groups excluding carboxylic acids is 2. The van der Waals surface area contributed by atoms with Crippen molar-refractivity contribution < 1.29 is 28.2 Å². The Balaban J connectivity index is 2.31. The number of carbonyl (C=O) groups is 2. The molecule has 7 heteroatoms. The molecule has 33 heavy (non-hydrogen) atoms. The number of amides is 1. The molecule has 0 saturated heterocycles. The Morgan fingerprint density at radius 3 is 2.30 bits per heavy atom. The van der Waals surface area contributed by atoms with Crippen molar-refractivity contribution in [2.75, 3.05) is 26.3 Å². The number of hydrogen-bond acceptors (Lipinski definition) is 5. The molecule has 1 amide bonds. The minimum Gasteiger partial charge on any atom is -0.482 e. The predicted molar refractivity (Wildman–Crippen MR) is 126 cm³/mol. The number of nitrogens with zero attached hydrogens (tertiary/aromatic N) is 1. The summed E-state index contributed by atoms with van der Waals surface area (Å²) in [5, 5.41) is 0. The quantitative estimate of drug-likeness (QED) is 0.344. The van der Waals surface area contributed by atoms with E-state index in [1.807, 2.05) is 33.8 Å². The highest BCUT2D eigenvalue weighted by atomic mass is 19.1. The third kappa shape index (κ3) is 7.63. The minimum absolute atomic E-state index is 0.0725. The van der Waals surface area contributed by atoms with Gasteiger partial charge in [-0.2, -0.15) is 0 Å². The van der Waals surface area contributed by atoms with Crippen molar-refractivity contribution in [1.29, 1.82) is 0 Å². The number of benzene rings is 2. The summed E-state index contributed by atoms with van der Waals surface area (Å²) in [6.07, 6.45) is 1.20. The molecule has 2 aromatic carbocycles. The maximum atomic E-state index is 13.2. The highest BCUT2D eigenvalue weighted by Gasteiger charge is 2.16. The zero-order chi connectivity index (χ0) is 24.4. The van der Waals surface area contributed by atoms with Gasteiger partial charge in [0.1, 0.15) is 11.9 Å². The van der Waals surface area contributed by atoms with Gasteiger partial charge >= 0.3 is 5.97 Å². The van der Waals surface area contributed by atoms with E-state index in [0.717, 1.165) is 16.7 Å². The van der Waals surface area contributed by atoms with Gasteiger partial charge < -0.3 is 19.1 Å². The molecule has 2 rings (SSSR count). The minimum atomic E-state index is -0.496. The average molecular weight is 458 g/mol. The van der Waals surface area contributed by atoms with Gasteiger partial charge in [-0.05, 0) is 75.6 Å².